The molecule has 1 unspecified atom stereocenters. The minimum absolute atomic E-state index is 0.232. The Morgan fingerprint density at radius 2 is 2.41 bits per heavy atom. The minimum Gasteiger partial charge on any atom is -0.479 e. The molecule has 0 aliphatic heterocycles. The Kier molecular flexibility index (Phi) is 4.87. The first-order valence-electron chi connectivity index (χ1n) is 5.14. The van der Waals surface area contributed by atoms with Crippen molar-refractivity contribution in [3.05, 3.63) is 36.7 Å². The highest BCUT2D eigenvalue weighted by molar-refractivity contribution is 5.80. The highest BCUT2D eigenvalue weighted by Crippen LogP contribution is 2.10. The lowest BCUT2D eigenvalue weighted by Crippen LogP contribution is -2.36. The molecule has 1 aromatic heterocycles. The van der Waals surface area contributed by atoms with Gasteiger partial charge in [0, 0.05) is 6.54 Å². The normalized spacial score (nSPS) is 11.4. The summed E-state index contributed by atoms with van der Waals surface area (Å²) in [5.74, 6) is 0.209. The molecule has 5 heteroatoms. The SMILES string of the molecule is C=CCNC(=O)C(C)Oc1ccc(C=O)nc1. The van der Waals surface area contributed by atoms with E-state index in [1.54, 1.807) is 19.1 Å². The molecule has 17 heavy (non-hydrogen) atoms. The first-order chi connectivity index (χ1) is 8.17. The van der Waals surface area contributed by atoms with Gasteiger partial charge in [-0.1, -0.05) is 6.08 Å². The molecule has 0 spiro atoms. The number of rotatable bonds is 6. The Balaban J connectivity index is 2.54. The van der Waals surface area contributed by atoms with E-state index in [-0.39, 0.29) is 5.91 Å². The van der Waals surface area contributed by atoms with Gasteiger partial charge >= 0.3 is 0 Å². The molecule has 1 heterocycles. The fourth-order valence-electron chi connectivity index (χ4n) is 1.11. The first-order valence-corrected chi connectivity index (χ1v) is 5.14. The number of nitrogens with zero attached hydrogens (tertiary/aromatic N) is 1. The Morgan fingerprint density at radius 3 is 2.94 bits per heavy atom. The summed E-state index contributed by atoms with van der Waals surface area (Å²) in [6, 6.07) is 3.12. The lowest BCUT2D eigenvalue weighted by molar-refractivity contribution is -0.127. The largest absolute Gasteiger partial charge is 0.479 e. The average molecular weight is 234 g/mol. The zero-order valence-corrected chi connectivity index (χ0v) is 9.55. The van der Waals surface area contributed by atoms with Gasteiger partial charge in [-0.2, -0.15) is 0 Å². The van der Waals surface area contributed by atoms with E-state index < -0.39 is 6.10 Å². The number of carbonyl (C=O) groups excluding carboxylic acids is 2. The summed E-state index contributed by atoms with van der Waals surface area (Å²) >= 11 is 0. The van der Waals surface area contributed by atoms with Crippen molar-refractivity contribution in [2.24, 2.45) is 0 Å². The van der Waals surface area contributed by atoms with Crippen LogP contribution in [-0.4, -0.2) is 29.8 Å². The third kappa shape index (κ3) is 4.06. The van der Waals surface area contributed by atoms with E-state index in [1.807, 2.05) is 0 Å². The van der Waals surface area contributed by atoms with Crippen molar-refractivity contribution < 1.29 is 14.3 Å². The molecule has 90 valence electrons. The van der Waals surface area contributed by atoms with Gasteiger partial charge in [-0.3, -0.25) is 9.59 Å². The number of hydrogen-bond donors (Lipinski definition) is 1. The molecule has 1 atom stereocenters. The number of amides is 1. The predicted octanol–water partition coefficient (Wildman–Crippen LogP) is 0.964. The lowest BCUT2D eigenvalue weighted by atomic mass is 10.3. The van der Waals surface area contributed by atoms with E-state index in [0.29, 0.717) is 24.3 Å². The summed E-state index contributed by atoms with van der Waals surface area (Å²) in [6.07, 6.45) is 3.01. The highest BCUT2D eigenvalue weighted by atomic mass is 16.5. The second kappa shape index (κ2) is 6.42. The predicted molar refractivity (Wildman–Crippen MR) is 62.9 cm³/mol. The van der Waals surface area contributed by atoms with E-state index in [1.165, 1.54) is 12.3 Å². The first kappa shape index (κ1) is 12.9. The van der Waals surface area contributed by atoms with Crippen molar-refractivity contribution in [3.8, 4) is 5.75 Å². The van der Waals surface area contributed by atoms with Crippen LogP contribution in [0.1, 0.15) is 17.4 Å². The van der Waals surface area contributed by atoms with Gasteiger partial charge in [0.2, 0.25) is 0 Å². The Morgan fingerprint density at radius 1 is 1.65 bits per heavy atom. The molecule has 1 rings (SSSR count). The van der Waals surface area contributed by atoms with Crippen molar-refractivity contribution in [2.75, 3.05) is 6.54 Å². The maximum absolute atomic E-state index is 11.5. The molecule has 0 saturated carbocycles. The van der Waals surface area contributed by atoms with Crippen LogP contribution in [0.25, 0.3) is 0 Å². The maximum atomic E-state index is 11.5. The van der Waals surface area contributed by atoms with Gasteiger partial charge in [-0.15, -0.1) is 6.58 Å². The molecule has 1 amide bonds. The van der Waals surface area contributed by atoms with Crippen LogP contribution in [0.3, 0.4) is 0 Å². The zero-order valence-electron chi connectivity index (χ0n) is 9.55. The summed E-state index contributed by atoms with van der Waals surface area (Å²) < 4.78 is 5.35. The van der Waals surface area contributed by atoms with Crippen molar-refractivity contribution in [1.82, 2.24) is 10.3 Å². The fraction of sp³-hybridized carbons (Fsp3) is 0.250. The van der Waals surface area contributed by atoms with Crippen LogP contribution >= 0.6 is 0 Å². The van der Waals surface area contributed by atoms with Crippen molar-refractivity contribution in [2.45, 2.75) is 13.0 Å². The molecule has 0 radical (unpaired) electrons. The van der Waals surface area contributed by atoms with Crippen LogP contribution < -0.4 is 10.1 Å². The second-order valence-electron chi connectivity index (χ2n) is 3.33. The molecular formula is C12H14N2O3. The number of pyridine rings is 1. The summed E-state index contributed by atoms with van der Waals surface area (Å²) in [4.78, 5) is 25.7. The third-order valence-electron chi connectivity index (χ3n) is 1.98. The van der Waals surface area contributed by atoms with Crippen molar-refractivity contribution in [3.63, 3.8) is 0 Å². The molecule has 0 saturated heterocycles. The van der Waals surface area contributed by atoms with Crippen LogP contribution in [0.5, 0.6) is 5.75 Å². The maximum Gasteiger partial charge on any atom is 0.261 e. The number of aromatic nitrogens is 1. The molecule has 5 nitrogen and oxygen atoms in total. The Hall–Kier alpha value is -2.17. The number of carbonyl (C=O) groups is 2. The zero-order chi connectivity index (χ0) is 12.7. The van der Waals surface area contributed by atoms with E-state index in [0.717, 1.165) is 0 Å². The quantitative estimate of drug-likeness (QED) is 0.588. The molecule has 0 aromatic carbocycles. The van der Waals surface area contributed by atoms with Gasteiger partial charge in [0.1, 0.15) is 11.4 Å². The Bertz CT molecular complexity index is 401. The number of nitrogens with one attached hydrogen (secondary N) is 1. The Labute approximate surface area is 99.5 Å². The van der Waals surface area contributed by atoms with Crippen LogP contribution in [0.4, 0.5) is 0 Å². The smallest absolute Gasteiger partial charge is 0.261 e. The van der Waals surface area contributed by atoms with Gasteiger partial charge in [0.05, 0.1) is 6.20 Å². The average Bonchev–Trinajstić information content (AvgIpc) is 2.36. The number of hydrogen-bond acceptors (Lipinski definition) is 4. The van der Waals surface area contributed by atoms with Gasteiger partial charge in [-0.05, 0) is 19.1 Å². The van der Waals surface area contributed by atoms with E-state index in [4.69, 9.17) is 4.74 Å². The molecular weight excluding hydrogens is 220 g/mol. The standard InChI is InChI=1S/C12H14N2O3/c1-3-6-13-12(16)9(2)17-11-5-4-10(8-15)14-7-11/h3-5,7-9H,1,6H2,2H3,(H,13,16). The number of ether oxygens (including phenoxy) is 1. The van der Waals surface area contributed by atoms with Gasteiger partial charge < -0.3 is 10.1 Å². The van der Waals surface area contributed by atoms with Crippen LogP contribution in [0.2, 0.25) is 0 Å². The summed E-state index contributed by atoms with van der Waals surface area (Å²) in [6.45, 7) is 5.53. The molecule has 1 N–H and O–H groups in total. The van der Waals surface area contributed by atoms with E-state index >= 15 is 0 Å². The molecule has 0 aliphatic carbocycles. The van der Waals surface area contributed by atoms with E-state index in [2.05, 4.69) is 16.9 Å². The van der Waals surface area contributed by atoms with Gasteiger partial charge in [-0.25, -0.2) is 4.98 Å². The van der Waals surface area contributed by atoms with E-state index in [9.17, 15) is 9.59 Å². The molecule has 1 aromatic rings. The topological polar surface area (TPSA) is 68.3 Å². The monoisotopic (exact) mass is 234 g/mol. The molecule has 0 fully saturated rings. The molecule has 0 bridgehead atoms. The van der Waals surface area contributed by atoms with Crippen molar-refractivity contribution >= 4 is 12.2 Å². The molecule has 0 aliphatic rings. The summed E-state index contributed by atoms with van der Waals surface area (Å²) in [5, 5.41) is 2.62. The second-order valence-corrected chi connectivity index (χ2v) is 3.33. The highest BCUT2D eigenvalue weighted by Gasteiger charge is 2.13. The minimum atomic E-state index is -0.626. The van der Waals surface area contributed by atoms with Gasteiger partial charge in [0.15, 0.2) is 12.4 Å². The van der Waals surface area contributed by atoms with Crippen LogP contribution in [0.15, 0.2) is 31.0 Å². The van der Waals surface area contributed by atoms with Crippen LogP contribution in [0, 0.1) is 0 Å². The van der Waals surface area contributed by atoms with Crippen molar-refractivity contribution in [1.29, 1.82) is 0 Å². The lowest BCUT2D eigenvalue weighted by Gasteiger charge is -2.13. The summed E-state index contributed by atoms with van der Waals surface area (Å²) in [7, 11) is 0. The van der Waals surface area contributed by atoms with Gasteiger partial charge in [0.25, 0.3) is 5.91 Å². The third-order valence-corrected chi connectivity index (χ3v) is 1.98. The summed E-state index contributed by atoms with van der Waals surface area (Å²) in [5.41, 5.74) is 0.320. The van der Waals surface area contributed by atoms with Crippen LogP contribution in [-0.2, 0) is 4.79 Å². The fourth-order valence-corrected chi connectivity index (χ4v) is 1.11. The number of aldehydes is 1.